The molecule has 1 nitrogen and oxygen atoms in total. The third kappa shape index (κ3) is 5.55. The predicted octanol–water partition coefficient (Wildman–Crippen LogP) is 7.90. The lowest BCUT2D eigenvalue weighted by molar-refractivity contribution is 0.0146. The van der Waals surface area contributed by atoms with E-state index < -0.39 is 0 Å². The molecule has 0 aromatic heterocycles. The van der Waals surface area contributed by atoms with Gasteiger partial charge in [0.1, 0.15) is 0 Å². The van der Waals surface area contributed by atoms with Crippen molar-refractivity contribution >= 4 is 0 Å². The molecule has 0 aliphatic heterocycles. The molecule has 2 aliphatic carbocycles. The lowest BCUT2D eigenvalue weighted by Gasteiger charge is -2.38. The predicted molar refractivity (Wildman–Crippen MR) is 127 cm³/mol. The molecule has 1 atom stereocenters. The van der Waals surface area contributed by atoms with E-state index in [-0.39, 0.29) is 0 Å². The van der Waals surface area contributed by atoms with E-state index >= 15 is 0 Å². The highest BCUT2D eigenvalue weighted by Gasteiger charge is 2.31. The standard InChI is InChI=1S/C29H40O/c1-3-30-29-19-17-28(18-20-29)27-15-13-26(14-16-27)25-11-9-23(10-12-25)21-22(2)24-7-5-4-6-8-24/h4-12,22,26-29H,3,13-21H2,1-2H3. The Hall–Kier alpha value is -1.60. The van der Waals surface area contributed by atoms with Gasteiger partial charge in [0.15, 0.2) is 0 Å². The molecule has 0 radical (unpaired) electrons. The monoisotopic (exact) mass is 404 g/mol. The van der Waals surface area contributed by atoms with Crippen molar-refractivity contribution in [2.24, 2.45) is 11.8 Å². The molecule has 162 valence electrons. The van der Waals surface area contributed by atoms with Crippen LogP contribution in [0.3, 0.4) is 0 Å². The van der Waals surface area contributed by atoms with Crippen LogP contribution in [0.15, 0.2) is 54.6 Å². The molecule has 2 saturated carbocycles. The summed E-state index contributed by atoms with van der Waals surface area (Å²) in [4.78, 5) is 0. The minimum absolute atomic E-state index is 0.547. The molecule has 30 heavy (non-hydrogen) atoms. The van der Waals surface area contributed by atoms with Gasteiger partial charge in [0.25, 0.3) is 0 Å². The maximum absolute atomic E-state index is 5.85. The Balaban J connectivity index is 1.25. The summed E-state index contributed by atoms with van der Waals surface area (Å²) in [6.07, 6.45) is 12.7. The fourth-order valence-corrected chi connectivity index (χ4v) is 6.07. The molecule has 2 aromatic rings. The minimum atomic E-state index is 0.547. The van der Waals surface area contributed by atoms with Crippen LogP contribution < -0.4 is 0 Å². The van der Waals surface area contributed by atoms with Gasteiger partial charge in [-0.15, -0.1) is 0 Å². The zero-order valence-corrected chi connectivity index (χ0v) is 19.1. The second-order valence-corrected chi connectivity index (χ2v) is 9.86. The first-order chi connectivity index (χ1) is 14.7. The quantitative estimate of drug-likeness (QED) is 0.455. The third-order valence-corrected chi connectivity index (χ3v) is 7.92. The van der Waals surface area contributed by atoms with Crippen molar-refractivity contribution in [2.45, 2.75) is 89.6 Å². The number of ether oxygens (including phenoxy) is 1. The van der Waals surface area contributed by atoms with E-state index in [9.17, 15) is 0 Å². The normalized spacial score (nSPS) is 28.2. The van der Waals surface area contributed by atoms with Gasteiger partial charge >= 0.3 is 0 Å². The second kappa shape index (κ2) is 10.6. The summed E-state index contributed by atoms with van der Waals surface area (Å²) < 4.78 is 5.85. The first-order valence-electron chi connectivity index (χ1n) is 12.5. The molecule has 2 fully saturated rings. The average Bonchev–Trinajstić information content (AvgIpc) is 2.81. The summed E-state index contributed by atoms with van der Waals surface area (Å²) in [7, 11) is 0. The zero-order chi connectivity index (χ0) is 20.8. The highest BCUT2D eigenvalue weighted by Crippen LogP contribution is 2.43. The summed E-state index contributed by atoms with van der Waals surface area (Å²) >= 11 is 0. The van der Waals surface area contributed by atoms with Gasteiger partial charge in [-0.05, 0) is 105 Å². The van der Waals surface area contributed by atoms with Crippen molar-refractivity contribution in [3.63, 3.8) is 0 Å². The van der Waals surface area contributed by atoms with Crippen LogP contribution in [0.4, 0.5) is 0 Å². The Labute approximate surface area is 184 Å². The fourth-order valence-electron chi connectivity index (χ4n) is 6.07. The zero-order valence-electron chi connectivity index (χ0n) is 19.1. The van der Waals surface area contributed by atoms with Gasteiger partial charge in [-0.3, -0.25) is 0 Å². The summed E-state index contributed by atoms with van der Waals surface area (Å²) in [5.74, 6) is 3.28. The molecule has 0 bridgehead atoms. The molecule has 2 aromatic carbocycles. The summed E-state index contributed by atoms with van der Waals surface area (Å²) in [5, 5.41) is 0. The van der Waals surface area contributed by atoms with Gasteiger partial charge < -0.3 is 4.74 Å². The van der Waals surface area contributed by atoms with Gasteiger partial charge in [0.05, 0.1) is 6.10 Å². The minimum Gasteiger partial charge on any atom is -0.379 e. The van der Waals surface area contributed by atoms with E-state index in [2.05, 4.69) is 68.4 Å². The van der Waals surface area contributed by atoms with E-state index in [1.807, 2.05) is 0 Å². The Kier molecular flexibility index (Phi) is 7.66. The molecular weight excluding hydrogens is 364 g/mol. The average molecular weight is 405 g/mol. The summed E-state index contributed by atoms with van der Waals surface area (Å²) in [5.41, 5.74) is 4.48. The number of hydrogen-bond acceptors (Lipinski definition) is 1. The van der Waals surface area contributed by atoms with Crippen LogP contribution in [0.2, 0.25) is 0 Å². The van der Waals surface area contributed by atoms with Crippen LogP contribution >= 0.6 is 0 Å². The maximum Gasteiger partial charge on any atom is 0.0575 e. The molecule has 1 unspecified atom stereocenters. The molecule has 1 heteroatoms. The molecule has 0 heterocycles. The highest BCUT2D eigenvalue weighted by molar-refractivity contribution is 5.28. The van der Waals surface area contributed by atoms with E-state index in [4.69, 9.17) is 4.74 Å². The van der Waals surface area contributed by atoms with E-state index in [1.165, 1.54) is 62.5 Å². The summed E-state index contributed by atoms with van der Waals surface area (Å²) in [6.45, 7) is 5.35. The largest absolute Gasteiger partial charge is 0.379 e. The van der Waals surface area contributed by atoms with Gasteiger partial charge in [0.2, 0.25) is 0 Å². The van der Waals surface area contributed by atoms with Crippen LogP contribution in [0.5, 0.6) is 0 Å². The van der Waals surface area contributed by atoms with Crippen molar-refractivity contribution < 1.29 is 4.74 Å². The lowest BCUT2D eigenvalue weighted by atomic mass is 9.69. The van der Waals surface area contributed by atoms with Crippen LogP contribution in [-0.4, -0.2) is 12.7 Å². The van der Waals surface area contributed by atoms with Gasteiger partial charge in [-0.1, -0.05) is 61.5 Å². The molecule has 0 N–H and O–H groups in total. The smallest absolute Gasteiger partial charge is 0.0575 e. The third-order valence-electron chi connectivity index (χ3n) is 7.92. The summed E-state index contributed by atoms with van der Waals surface area (Å²) in [6, 6.07) is 20.5. The van der Waals surface area contributed by atoms with E-state index in [0.717, 1.165) is 30.8 Å². The van der Waals surface area contributed by atoms with Crippen LogP contribution in [0.1, 0.15) is 93.7 Å². The number of rotatable bonds is 7. The first kappa shape index (κ1) is 21.6. The maximum atomic E-state index is 5.85. The van der Waals surface area contributed by atoms with Crippen molar-refractivity contribution in [1.82, 2.24) is 0 Å². The topological polar surface area (TPSA) is 9.23 Å². The van der Waals surface area contributed by atoms with Crippen LogP contribution in [0, 0.1) is 11.8 Å². The lowest BCUT2D eigenvalue weighted by Crippen LogP contribution is -2.28. The van der Waals surface area contributed by atoms with E-state index in [0.29, 0.717) is 12.0 Å². The second-order valence-electron chi connectivity index (χ2n) is 9.86. The number of benzene rings is 2. The number of hydrogen-bond donors (Lipinski definition) is 0. The highest BCUT2D eigenvalue weighted by atomic mass is 16.5. The van der Waals surface area contributed by atoms with Crippen LogP contribution in [-0.2, 0) is 11.2 Å². The van der Waals surface area contributed by atoms with Gasteiger partial charge in [-0.25, -0.2) is 0 Å². The Morgan fingerprint density at radius 2 is 1.37 bits per heavy atom. The van der Waals surface area contributed by atoms with Gasteiger partial charge in [-0.2, -0.15) is 0 Å². The SMILES string of the molecule is CCOC1CCC(C2CCC(c3ccc(CC(C)c4ccccc4)cc3)CC2)CC1. The van der Waals surface area contributed by atoms with Crippen molar-refractivity contribution in [3.8, 4) is 0 Å². The molecule has 0 saturated heterocycles. The van der Waals surface area contributed by atoms with Crippen molar-refractivity contribution in [1.29, 1.82) is 0 Å². The fraction of sp³-hybridized carbons (Fsp3) is 0.586. The van der Waals surface area contributed by atoms with Gasteiger partial charge in [0, 0.05) is 6.61 Å². The molecular formula is C29H40O. The van der Waals surface area contributed by atoms with Crippen molar-refractivity contribution in [2.75, 3.05) is 6.61 Å². The first-order valence-corrected chi connectivity index (χ1v) is 12.5. The Morgan fingerprint density at radius 3 is 1.97 bits per heavy atom. The molecule has 2 aliphatic rings. The molecule has 0 amide bonds. The molecule has 0 spiro atoms. The van der Waals surface area contributed by atoms with Crippen LogP contribution in [0.25, 0.3) is 0 Å². The Bertz CT molecular complexity index is 734. The van der Waals surface area contributed by atoms with Crippen molar-refractivity contribution in [3.05, 3.63) is 71.3 Å². The van der Waals surface area contributed by atoms with E-state index in [1.54, 1.807) is 5.56 Å². The Morgan fingerprint density at radius 1 is 0.767 bits per heavy atom. The molecule has 4 rings (SSSR count).